The number of hydrogen-bond donors (Lipinski definition) is 0. The third-order valence-electron chi connectivity index (χ3n) is 3.34. The van der Waals surface area contributed by atoms with Gasteiger partial charge in [0.1, 0.15) is 11.6 Å². The lowest BCUT2D eigenvalue weighted by molar-refractivity contribution is -0.119. The highest BCUT2D eigenvalue weighted by molar-refractivity contribution is 9.10. The Labute approximate surface area is 110 Å². The standard InChI is InChI=1S/C14H16BrFO/c15-13-9-11(5-6-14(13)16)7-10-3-1-2-4-12(17)8-10/h5-6,9-10H,1-4,7-8H2. The van der Waals surface area contributed by atoms with Gasteiger partial charge in [0.2, 0.25) is 0 Å². The summed E-state index contributed by atoms with van der Waals surface area (Å²) in [7, 11) is 0. The molecular weight excluding hydrogens is 283 g/mol. The Morgan fingerprint density at radius 2 is 2.18 bits per heavy atom. The van der Waals surface area contributed by atoms with E-state index in [4.69, 9.17) is 0 Å². The Bertz CT molecular complexity index is 417. The zero-order valence-electron chi connectivity index (χ0n) is 9.72. The monoisotopic (exact) mass is 298 g/mol. The minimum atomic E-state index is -0.231. The summed E-state index contributed by atoms with van der Waals surface area (Å²) < 4.78 is 13.6. The summed E-state index contributed by atoms with van der Waals surface area (Å²) in [6.07, 6.45) is 5.59. The van der Waals surface area contributed by atoms with Crippen molar-refractivity contribution >= 4 is 21.7 Å². The van der Waals surface area contributed by atoms with Crippen LogP contribution in [-0.2, 0) is 11.2 Å². The van der Waals surface area contributed by atoms with E-state index in [0.29, 0.717) is 22.6 Å². The Morgan fingerprint density at radius 3 is 2.94 bits per heavy atom. The van der Waals surface area contributed by atoms with Crippen LogP contribution in [0.3, 0.4) is 0 Å². The Kier molecular flexibility index (Phi) is 4.32. The van der Waals surface area contributed by atoms with E-state index >= 15 is 0 Å². The smallest absolute Gasteiger partial charge is 0.137 e. The molecule has 1 fully saturated rings. The molecule has 1 saturated carbocycles. The molecule has 3 heteroatoms. The maximum atomic E-state index is 13.1. The van der Waals surface area contributed by atoms with Crippen LogP contribution in [0.1, 0.15) is 37.7 Å². The largest absolute Gasteiger partial charge is 0.300 e. The highest BCUT2D eigenvalue weighted by Crippen LogP contribution is 2.26. The number of halogens is 2. The molecule has 1 aliphatic carbocycles. The maximum absolute atomic E-state index is 13.1. The second kappa shape index (κ2) is 5.76. The maximum Gasteiger partial charge on any atom is 0.137 e. The number of Topliss-reactive ketones (excluding diaryl/α,β-unsaturated/α-hetero) is 1. The molecule has 0 spiro atoms. The fourth-order valence-electron chi connectivity index (χ4n) is 2.46. The van der Waals surface area contributed by atoms with Gasteiger partial charge in [0.05, 0.1) is 4.47 Å². The topological polar surface area (TPSA) is 17.1 Å². The highest BCUT2D eigenvalue weighted by atomic mass is 79.9. The molecule has 92 valence electrons. The summed E-state index contributed by atoms with van der Waals surface area (Å²) in [5.74, 6) is 0.585. The summed E-state index contributed by atoms with van der Waals surface area (Å²) in [6.45, 7) is 0. The summed E-state index contributed by atoms with van der Waals surface area (Å²) in [5, 5.41) is 0. The normalized spacial score (nSPS) is 21.3. The average molecular weight is 299 g/mol. The van der Waals surface area contributed by atoms with Crippen LogP contribution >= 0.6 is 15.9 Å². The third kappa shape index (κ3) is 3.63. The van der Waals surface area contributed by atoms with Gasteiger partial charge in [-0.1, -0.05) is 12.5 Å². The molecule has 1 aromatic carbocycles. The second-order valence-electron chi connectivity index (χ2n) is 4.81. The number of benzene rings is 1. The Balaban J connectivity index is 2.03. The first-order valence-electron chi connectivity index (χ1n) is 6.11. The van der Waals surface area contributed by atoms with E-state index in [9.17, 15) is 9.18 Å². The van der Waals surface area contributed by atoms with Crippen molar-refractivity contribution in [1.82, 2.24) is 0 Å². The predicted molar refractivity (Wildman–Crippen MR) is 69.4 cm³/mol. The molecule has 0 radical (unpaired) electrons. The van der Waals surface area contributed by atoms with Crippen LogP contribution in [0.4, 0.5) is 4.39 Å². The lowest BCUT2D eigenvalue weighted by Gasteiger charge is -2.13. The van der Waals surface area contributed by atoms with Crippen molar-refractivity contribution in [2.75, 3.05) is 0 Å². The van der Waals surface area contributed by atoms with Gasteiger partial charge in [-0.2, -0.15) is 0 Å². The van der Waals surface area contributed by atoms with E-state index < -0.39 is 0 Å². The van der Waals surface area contributed by atoms with Crippen molar-refractivity contribution in [3.05, 3.63) is 34.1 Å². The van der Waals surface area contributed by atoms with E-state index in [2.05, 4.69) is 15.9 Å². The molecule has 1 unspecified atom stereocenters. The first-order valence-corrected chi connectivity index (χ1v) is 6.90. The third-order valence-corrected chi connectivity index (χ3v) is 3.95. The molecule has 0 bridgehead atoms. The number of rotatable bonds is 2. The first-order chi connectivity index (χ1) is 8.15. The van der Waals surface area contributed by atoms with E-state index in [-0.39, 0.29) is 5.82 Å². The summed E-state index contributed by atoms with van der Waals surface area (Å²) in [4.78, 5) is 11.5. The molecular formula is C14H16BrFO. The molecule has 0 aliphatic heterocycles. The van der Waals surface area contributed by atoms with E-state index in [0.717, 1.165) is 37.7 Å². The number of hydrogen-bond acceptors (Lipinski definition) is 1. The van der Waals surface area contributed by atoms with Crippen molar-refractivity contribution in [2.24, 2.45) is 5.92 Å². The van der Waals surface area contributed by atoms with Crippen molar-refractivity contribution in [2.45, 2.75) is 38.5 Å². The van der Waals surface area contributed by atoms with Crippen LogP contribution in [-0.4, -0.2) is 5.78 Å². The lowest BCUT2D eigenvalue weighted by Crippen LogP contribution is -2.08. The van der Waals surface area contributed by atoms with Crippen molar-refractivity contribution in [3.8, 4) is 0 Å². The van der Waals surface area contributed by atoms with E-state index in [1.54, 1.807) is 0 Å². The van der Waals surface area contributed by atoms with Gasteiger partial charge in [-0.15, -0.1) is 0 Å². The lowest BCUT2D eigenvalue weighted by atomic mass is 9.92. The van der Waals surface area contributed by atoms with Gasteiger partial charge >= 0.3 is 0 Å². The van der Waals surface area contributed by atoms with Crippen LogP contribution in [0.2, 0.25) is 0 Å². The van der Waals surface area contributed by atoms with E-state index in [1.807, 2.05) is 12.1 Å². The number of carbonyl (C=O) groups excluding carboxylic acids is 1. The summed E-state index contributed by atoms with van der Waals surface area (Å²) >= 11 is 3.20. The Morgan fingerprint density at radius 1 is 1.35 bits per heavy atom. The Hall–Kier alpha value is -0.700. The van der Waals surface area contributed by atoms with Crippen molar-refractivity contribution in [3.63, 3.8) is 0 Å². The second-order valence-corrected chi connectivity index (χ2v) is 5.66. The molecule has 1 aromatic rings. The number of ketones is 1. The minimum absolute atomic E-state index is 0.231. The van der Waals surface area contributed by atoms with Gasteiger partial charge in [-0.05, 0) is 58.8 Å². The van der Waals surface area contributed by atoms with Gasteiger partial charge < -0.3 is 0 Å². The fraction of sp³-hybridized carbons (Fsp3) is 0.500. The van der Waals surface area contributed by atoms with Crippen molar-refractivity contribution in [1.29, 1.82) is 0 Å². The van der Waals surface area contributed by atoms with Gasteiger partial charge in [0.15, 0.2) is 0 Å². The predicted octanol–water partition coefficient (Wildman–Crippen LogP) is 4.28. The van der Waals surface area contributed by atoms with Crippen LogP contribution in [0.15, 0.2) is 22.7 Å². The molecule has 2 rings (SSSR count). The molecule has 0 aromatic heterocycles. The van der Waals surface area contributed by atoms with E-state index in [1.165, 1.54) is 6.07 Å². The van der Waals surface area contributed by atoms with Gasteiger partial charge in [0.25, 0.3) is 0 Å². The zero-order chi connectivity index (χ0) is 12.3. The molecule has 1 aliphatic rings. The molecule has 17 heavy (non-hydrogen) atoms. The summed E-state index contributed by atoms with van der Waals surface area (Å²) in [6, 6.07) is 5.12. The van der Waals surface area contributed by atoms with Crippen LogP contribution < -0.4 is 0 Å². The quantitative estimate of drug-likeness (QED) is 0.745. The molecule has 0 N–H and O–H groups in total. The number of carbonyl (C=O) groups is 1. The SMILES string of the molecule is O=C1CCCCC(Cc2ccc(F)c(Br)c2)C1. The zero-order valence-corrected chi connectivity index (χ0v) is 11.3. The average Bonchev–Trinajstić information content (AvgIpc) is 2.48. The molecule has 0 saturated heterocycles. The molecule has 1 atom stereocenters. The molecule has 0 heterocycles. The van der Waals surface area contributed by atoms with Crippen molar-refractivity contribution < 1.29 is 9.18 Å². The van der Waals surface area contributed by atoms with Crippen LogP contribution in [0, 0.1) is 11.7 Å². The van der Waals surface area contributed by atoms with Crippen LogP contribution in [0.25, 0.3) is 0 Å². The van der Waals surface area contributed by atoms with Gasteiger partial charge in [0, 0.05) is 12.8 Å². The van der Waals surface area contributed by atoms with Crippen LogP contribution in [0.5, 0.6) is 0 Å². The molecule has 1 nitrogen and oxygen atoms in total. The van der Waals surface area contributed by atoms with Gasteiger partial charge in [-0.25, -0.2) is 4.39 Å². The fourth-order valence-corrected chi connectivity index (χ4v) is 2.88. The minimum Gasteiger partial charge on any atom is -0.300 e. The first kappa shape index (κ1) is 12.7. The highest BCUT2D eigenvalue weighted by Gasteiger charge is 2.18. The van der Waals surface area contributed by atoms with Gasteiger partial charge in [-0.3, -0.25) is 4.79 Å². The summed E-state index contributed by atoms with van der Waals surface area (Å²) in [5.41, 5.74) is 1.11. The molecule has 0 amide bonds.